The number of aryl methyl sites for hydroxylation is 1. The van der Waals surface area contributed by atoms with Gasteiger partial charge >= 0.3 is 0 Å². The number of nitrogens with one attached hydrogen (secondary N) is 1. The van der Waals surface area contributed by atoms with Crippen LogP contribution in [-0.4, -0.2) is 9.97 Å². The summed E-state index contributed by atoms with van der Waals surface area (Å²) >= 11 is 6.31. The lowest BCUT2D eigenvalue weighted by molar-refractivity contribution is 0.581. The van der Waals surface area contributed by atoms with E-state index in [-0.39, 0.29) is 10.2 Å². The van der Waals surface area contributed by atoms with E-state index in [2.05, 4.69) is 47.1 Å². The Hall–Kier alpha value is -1.08. The molecular formula is C13H11Br2F2N3. The monoisotopic (exact) mass is 405 g/mol. The maximum atomic E-state index is 13.7. The number of nitrogens with zero attached hydrogens (tertiary/aromatic N) is 2. The van der Waals surface area contributed by atoms with Gasteiger partial charge in [-0.15, -0.1) is 0 Å². The topological polar surface area (TPSA) is 37.8 Å². The first-order chi connectivity index (χ1) is 9.49. The van der Waals surface area contributed by atoms with Crippen LogP contribution < -0.4 is 5.32 Å². The highest BCUT2D eigenvalue weighted by Gasteiger charge is 2.10. The van der Waals surface area contributed by atoms with Gasteiger partial charge in [0.15, 0.2) is 0 Å². The molecule has 0 unspecified atom stereocenters. The Balaban J connectivity index is 2.32. The Morgan fingerprint density at radius 3 is 2.55 bits per heavy atom. The molecule has 1 N–H and O–H groups in total. The van der Waals surface area contributed by atoms with Crippen molar-refractivity contribution in [3.05, 3.63) is 44.7 Å². The summed E-state index contributed by atoms with van der Waals surface area (Å²) in [7, 11) is 0. The van der Waals surface area contributed by atoms with Crippen molar-refractivity contribution in [1.82, 2.24) is 9.97 Å². The number of hydrogen-bond acceptors (Lipinski definition) is 3. The second kappa shape index (κ2) is 6.58. The van der Waals surface area contributed by atoms with Gasteiger partial charge < -0.3 is 5.32 Å². The van der Waals surface area contributed by atoms with Gasteiger partial charge in [-0.25, -0.2) is 18.7 Å². The average Bonchev–Trinajstić information content (AvgIpc) is 2.35. The maximum absolute atomic E-state index is 13.7. The number of hydrogen-bond donors (Lipinski definition) is 1. The number of aromatic nitrogens is 2. The smallest absolute Gasteiger partial charge is 0.149 e. The lowest BCUT2D eigenvalue weighted by Gasteiger charge is -2.09. The highest BCUT2D eigenvalue weighted by molar-refractivity contribution is 9.10. The molecule has 7 heteroatoms. The number of halogens is 4. The van der Waals surface area contributed by atoms with Crippen LogP contribution in [0.5, 0.6) is 0 Å². The van der Waals surface area contributed by atoms with E-state index < -0.39 is 11.6 Å². The van der Waals surface area contributed by atoms with Crippen LogP contribution in [0.25, 0.3) is 0 Å². The first-order valence-corrected chi connectivity index (χ1v) is 7.53. The quantitative estimate of drug-likeness (QED) is 0.575. The van der Waals surface area contributed by atoms with Crippen molar-refractivity contribution in [2.75, 3.05) is 5.32 Å². The lowest BCUT2D eigenvalue weighted by Crippen LogP contribution is -2.02. The summed E-state index contributed by atoms with van der Waals surface area (Å²) in [4.78, 5) is 8.51. The third-order valence-electron chi connectivity index (χ3n) is 2.49. The Kier molecular flexibility index (Phi) is 5.04. The molecule has 0 aliphatic heterocycles. The zero-order valence-corrected chi connectivity index (χ0v) is 13.7. The number of benzene rings is 1. The summed E-state index contributed by atoms with van der Waals surface area (Å²) in [6.45, 7) is 2.02. The van der Waals surface area contributed by atoms with Crippen molar-refractivity contribution in [2.45, 2.75) is 19.8 Å². The second-order valence-corrected chi connectivity index (χ2v) is 5.78. The van der Waals surface area contributed by atoms with Crippen LogP contribution in [0.15, 0.2) is 27.3 Å². The molecule has 0 radical (unpaired) electrons. The number of anilines is 2. The van der Waals surface area contributed by atoms with Crippen LogP contribution in [0.1, 0.15) is 19.2 Å². The summed E-state index contributed by atoms with van der Waals surface area (Å²) in [5.74, 6) is -0.222. The molecule has 106 valence electrons. The molecule has 0 spiro atoms. The van der Waals surface area contributed by atoms with Gasteiger partial charge in [0.05, 0.1) is 10.2 Å². The fourth-order valence-corrected chi connectivity index (χ4v) is 2.39. The normalized spacial score (nSPS) is 10.7. The molecular weight excluding hydrogens is 396 g/mol. The molecule has 0 aliphatic carbocycles. The summed E-state index contributed by atoms with van der Waals surface area (Å²) in [5.41, 5.74) is 0.145. The highest BCUT2D eigenvalue weighted by Crippen LogP contribution is 2.26. The Bertz CT molecular complexity index is 635. The minimum Gasteiger partial charge on any atom is -0.338 e. The third kappa shape index (κ3) is 3.73. The van der Waals surface area contributed by atoms with Gasteiger partial charge in [0.2, 0.25) is 0 Å². The van der Waals surface area contributed by atoms with Crippen LogP contribution in [0.4, 0.5) is 20.3 Å². The van der Waals surface area contributed by atoms with Crippen molar-refractivity contribution < 1.29 is 8.78 Å². The van der Waals surface area contributed by atoms with Gasteiger partial charge in [-0.1, -0.05) is 6.92 Å². The van der Waals surface area contributed by atoms with Crippen LogP contribution in [-0.2, 0) is 6.42 Å². The fraction of sp³-hybridized carbons (Fsp3) is 0.231. The van der Waals surface area contributed by atoms with Crippen LogP contribution >= 0.6 is 31.9 Å². The Labute approximate surface area is 132 Å². The van der Waals surface area contributed by atoms with Crippen molar-refractivity contribution in [1.29, 1.82) is 0 Å². The minimum atomic E-state index is -0.683. The largest absolute Gasteiger partial charge is 0.338 e. The van der Waals surface area contributed by atoms with Crippen molar-refractivity contribution in [2.24, 2.45) is 0 Å². The molecule has 1 aromatic carbocycles. The molecule has 0 atom stereocenters. The third-order valence-corrected chi connectivity index (χ3v) is 3.50. The molecule has 0 saturated heterocycles. The molecule has 0 bridgehead atoms. The van der Waals surface area contributed by atoms with Crippen LogP contribution in [0.2, 0.25) is 0 Å². The lowest BCUT2D eigenvalue weighted by atomic mass is 10.3. The van der Waals surface area contributed by atoms with Crippen LogP contribution in [0.3, 0.4) is 0 Å². The predicted molar refractivity (Wildman–Crippen MR) is 81.1 cm³/mol. The van der Waals surface area contributed by atoms with Gasteiger partial charge in [-0.05, 0) is 44.3 Å². The van der Waals surface area contributed by atoms with E-state index in [9.17, 15) is 8.78 Å². The minimum absolute atomic E-state index is 0.145. The van der Waals surface area contributed by atoms with E-state index in [1.807, 2.05) is 6.92 Å². The molecule has 0 saturated carbocycles. The predicted octanol–water partition coefficient (Wildman–Crippen LogP) is 4.98. The highest BCUT2D eigenvalue weighted by atomic mass is 79.9. The summed E-state index contributed by atoms with van der Waals surface area (Å²) < 4.78 is 27.7. The van der Waals surface area contributed by atoms with E-state index in [4.69, 9.17) is 0 Å². The first-order valence-electron chi connectivity index (χ1n) is 5.94. The van der Waals surface area contributed by atoms with Gasteiger partial charge in [-0.2, -0.15) is 0 Å². The van der Waals surface area contributed by atoms with Gasteiger partial charge in [0.25, 0.3) is 0 Å². The van der Waals surface area contributed by atoms with Crippen LogP contribution in [0, 0.1) is 11.6 Å². The SMILES string of the molecule is CCCc1nc(Br)cc(Nc2cc(Br)c(F)cc2F)n1. The molecule has 0 fully saturated rings. The summed E-state index contributed by atoms with van der Waals surface area (Å²) in [6, 6.07) is 3.78. The molecule has 2 aromatic rings. The van der Waals surface area contributed by atoms with E-state index in [0.717, 1.165) is 18.9 Å². The first kappa shape index (κ1) is 15.3. The molecule has 3 nitrogen and oxygen atoms in total. The average molecular weight is 407 g/mol. The Morgan fingerprint density at radius 1 is 1.10 bits per heavy atom. The second-order valence-electron chi connectivity index (χ2n) is 4.11. The van der Waals surface area contributed by atoms with E-state index >= 15 is 0 Å². The molecule has 1 heterocycles. The van der Waals surface area contributed by atoms with Crippen molar-refractivity contribution in [3.63, 3.8) is 0 Å². The molecule has 2 rings (SSSR count). The summed E-state index contributed by atoms with van der Waals surface area (Å²) in [6.07, 6.45) is 1.63. The molecule has 0 amide bonds. The van der Waals surface area contributed by atoms with Crippen molar-refractivity contribution in [3.8, 4) is 0 Å². The fourth-order valence-electron chi connectivity index (χ4n) is 1.62. The molecule has 1 aromatic heterocycles. The van der Waals surface area contributed by atoms with Gasteiger partial charge in [-0.3, -0.25) is 0 Å². The van der Waals surface area contributed by atoms with Gasteiger partial charge in [0, 0.05) is 18.6 Å². The standard InChI is InChI=1S/C13H11Br2F2N3/c1-2-3-12-19-11(15)6-13(20-12)18-10-4-7(14)8(16)5-9(10)17/h4-6H,2-3H2,1H3,(H,18,19,20). The zero-order chi connectivity index (χ0) is 14.7. The molecule has 20 heavy (non-hydrogen) atoms. The Morgan fingerprint density at radius 2 is 1.85 bits per heavy atom. The maximum Gasteiger partial charge on any atom is 0.149 e. The zero-order valence-electron chi connectivity index (χ0n) is 10.6. The van der Waals surface area contributed by atoms with Gasteiger partial charge in [0.1, 0.15) is 27.9 Å². The van der Waals surface area contributed by atoms with Crippen molar-refractivity contribution >= 4 is 43.4 Å². The number of rotatable bonds is 4. The summed E-state index contributed by atoms with van der Waals surface area (Å²) in [5, 5.41) is 2.83. The van der Waals surface area contributed by atoms with E-state index in [0.29, 0.717) is 16.2 Å². The van der Waals surface area contributed by atoms with E-state index in [1.165, 1.54) is 6.07 Å². The van der Waals surface area contributed by atoms with E-state index in [1.54, 1.807) is 6.07 Å². The molecule has 0 aliphatic rings.